The van der Waals surface area contributed by atoms with Gasteiger partial charge in [-0.15, -0.1) is 0 Å². The van der Waals surface area contributed by atoms with Crippen LogP contribution in [0.3, 0.4) is 0 Å². The molecule has 0 saturated heterocycles. The van der Waals surface area contributed by atoms with E-state index < -0.39 is 0 Å². The van der Waals surface area contributed by atoms with E-state index in [0.29, 0.717) is 11.6 Å². The third kappa shape index (κ3) is 1.81. The van der Waals surface area contributed by atoms with Crippen molar-refractivity contribution >= 4 is 60.1 Å². The van der Waals surface area contributed by atoms with Gasteiger partial charge in [-0.3, -0.25) is 0 Å². The summed E-state index contributed by atoms with van der Waals surface area (Å²) < 4.78 is 11.5. The average Bonchev–Trinajstić information content (AvgIpc) is 3.36. The van der Waals surface area contributed by atoms with Crippen LogP contribution < -0.4 is 0 Å². The third-order valence-electron chi connectivity index (χ3n) is 5.36. The molecule has 0 unspecified atom stereocenters. The minimum atomic E-state index is 0.301. The van der Waals surface area contributed by atoms with E-state index in [0.717, 1.165) is 54.3 Å². The zero-order valence-corrected chi connectivity index (χ0v) is 14.5. The lowest BCUT2D eigenvalue weighted by Crippen LogP contribution is -1.82. The highest BCUT2D eigenvalue weighted by Crippen LogP contribution is 2.38. The number of nitriles is 1. The van der Waals surface area contributed by atoms with Crippen LogP contribution in [0.2, 0.25) is 0 Å². The molecular formula is C24H10N2O2. The molecule has 4 heteroatoms. The van der Waals surface area contributed by atoms with Crippen molar-refractivity contribution < 1.29 is 8.83 Å². The van der Waals surface area contributed by atoms with Crippen molar-refractivity contribution in [2.24, 2.45) is 0 Å². The van der Waals surface area contributed by atoms with Crippen LogP contribution in [0.25, 0.3) is 59.1 Å². The summed E-state index contributed by atoms with van der Waals surface area (Å²) in [6.45, 7) is 7.19. The molecule has 0 saturated carbocycles. The lowest BCUT2D eigenvalue weighted by atomic mass is 9.95. The van der Waals surface area contributed by atoms with E-state index in [2.05, 4.69) is 35.2 Å². The van der Waals surface area contributed by atoms with Gasteiger partial charge >= 0.3 is 5.88 Å². The normalized spacial score (nSPS) is 11.5. The Labute approximate surface area is 158 Å². The van der Waals surface area contributed by atoms with Gasteiger partial charge in [-0.05, 0) is 33.7 Å². The maximum absolute atomic E-state index is 9.14. The van der Waals surface area contributed by atoms with E-state index in [9.17, 15) is 0 Å². The van der Waals surface area contributed by atoms with Crippen LogP contribution in [0.15, 0.2) is 69.5 Å². The first-order chi connectivity index (χ1) is 13.8. The fourth-order valence-electron chi connectivity index (χ4n) is 4.13. The Morgan fingerprint density at radius 3 is 1.79 bits per heavy atom. The summed E-state index contributed by atoms with van der Waals surface area (Å²) in [7, 11) is 0. The molecule has 6 rings (SSSR count). The second-order valence-corrected chi connectivity index (χ2v) is 6.80. The predicted octanol–water partition coefficient (Wildman–Crippen LogP) is 7.06. The standard InChI is InChI=1S/C24H10N2O2/c1-26-22-11-14-3-5-19-17-6-8-20-18(16(17)7-9-21(19)24(14)28-22)4-2-13-10-15(12-25)27-23(13)20/h2-11H. The van der Waals surface area contributed by atoms with Crippen LogP contribution in [0.4, 0.5) is 5.88 Å². The van der Waals surface area contributed by atoms with Crippen molar-refractivity contribution in [2.75, 3.05) is 0 Å². The van der Waals surface area contributed by atoms with Crippen molar-refractivity contribution in [1.82, 2.24) is 0 Å². The SMILES string of the molecule is [C-]#[N+]c1cc2ccc3c4ccc5c(ccc6cc(C#N)oc65)c4ccc3c2o1. The Hall–Kier alpha value is -4.28. The fourth-order valence-corrected chi connectivity index (χ4v) is 4.13. The topological polar surface area (TPSA) is 54.4 Å². The second kappa shape index (κ2) is 5.13. The van der Waals surface area contributed by atoms with Gasteiger partial charge in [0, 0.05) is 27.6 Å². The molecule has 2 aromatic heterocycles. The molecule has 0 atom stereocenters. The van der Waals surface area contributed by atoms with E-state index in [1.807, 2.05) is 24.3 Å². The Bertz CT molecular complexity index is 1560. The average molecular weight is 358 g/mol. The summed E-state index contributed by atoms with van der Waals surface area (Å²) >= 11 is 0. The van der Waals surface area contributed by atoms with Crippen LogP contribution >= 0.6 is 0 Å². The van der Waals surface area contributed by atoms with E-state index in [-0.39, 0.29) is 0 Å². The smallest absolute Gasteiger partial charge is 0.346 e. The molecule has 0 bridgehead atoms. The lowest BCUT2D eigenvalue weighted by molar-refractivity contribution is 0.602. The predicted molar refractivity (Wildman–Crippen MR) is 109 cm³/mol. The van der Waals surface area contributed by atoms with Crippen LogP contribution in [-0.4, -0.2) is 0 Å². The van der Waals surface area contributed by atoms with Gasteiger partial charge < -0.3 is 8.83 Å². The first-order valence-corrected chi connectivity index (χ1v) is 8.78. The molecule has 2 heterocycles. The summed E-state index contributed by atoms with van der Waals surface area (Å²) in [5, 5.41) is 17.3. The molecule has 0 spiro atoms. The van der Waals surface area contributed by atoms with Crippen molar-refractivity contribution in [2.45, 2.75) is 0 Å². The van der Waals surface area contributed by atoms with Crippen LogP contribution in [-0.2, 0) is 0 Å². The molecule has 128 valence electrons. The molecule has 0 radical (unpaired) electrons. The van der Waals surface area contributed by atoms with Gasteiger partial charge in [-0.25, -0.2) is 0 Å². The molecular weight excluding hydrogens is 348 g/mol. The van der Waals surface area contributed by atoms with Gasteiger partial charge in [-0.2, -0.15) is 10.1 Å². The van der Waals surface area contributed by atoms with Crippen molar-refractivity contribution in [3.8, 4) is 6.07 Å². The van der Waals surface area contributed by atoms with Crippen molar-refractivity contribution in [3.63, 3.8) is 0 Å². The van der Waals surface area contributed by atoms with Gasteiger partial charge in [0.05, 0.1) is 6.57 Å². The second-order valence-electron chi connectivity index (χ2n) is 6.80. The summed E-state index contributed by atoms with van der Waals surface area (Å²) in [5.41, 5.74) is 1.48. The van der Waals surface area contributed by atoms with Gasteiger partial charge in [0.2, 0.25) is 5.76 Å². The van der Waals surface area contributed by atoms with Crippen molar-refractivity contribution in [1.29, 1.82) is 5.26 Å². The molecule has 6 aromatic rings. The highest BCUT2D eigenvalue weighted by Gasteiger charge is 2.13. The van der Waals surface area contributed by atoms with Crippen LogP contribution in [0, 0.1) is 17.9 Å². The first-order valence-electron chi connectivity index (χ1n) is 8.78. The molecule has 4 nitrogen and oxygen atoms in total. The van der Waals surface area contributed by atoms with E-state index in [1.54, 1.807) is 12.1 Å². The summed E-state index contributed by atoms with van der Waals surface area (Å²) in [6.07, 6.45) is 0. The van der Waals surface area contributed by atoms with Gasteiger partial charge in [0.15, 0.2) is 0 Å². The lowest BCUT2D eigenvalue weighted by Gasteiger charge is -2.08. The molecule has 0 aliphatic rings. The number of furan rings is 2. The Balaban J connectivity index is 1.76. The maximum atomic E-state index is 9.14. The minimum Gasteiger partial charge on any atom is -0.479 e. The quantitative estimate of drug-likeness (QED) is 0.216. The van der Waals surface area contributed by atoms with E-state index in [4.69, 9.17) is 20.7 Å². The zero-order chi connectivity index (χ0) is 18.8. The number of benzene rings is 4. The number of nitrogens with zero attached hydrogens (tertiary/aromatic N) is 2. The van der Waals surface area contributed by atoms with Crippen LogP contribution in [0.5, 0.6) is 0 Å². The summed E-state index contributed by atoms with van der Waals surface area (Å²) in [5.74, 6) is 0.617. The van der Waals surface area contributed by atoms with E-state index in [1.165, 1.54) is 0 Å². The number of hydrogen-bond acceptors (Lipinski definition) is 3. The van der Waals surface area contributed by atoms with E-state index >= 15 is 0 Å². The molecule has 28 heavy (non-hydrogen) atoms. The minimum absolute atomic E-state index is 0.301. The number of hydrogen-bond donors (Lipinski definition) is 0. The summed E-state index contributed by atoms with van der Waals surface area (Å²) in [4.78, 5) is 3.41. The highest BCUT2D eigenvalue weighted by molar-refractivity contribution is 6.23. The maximum Gasteiger partial charge on any atom is 0.346 e. The Kier molecular flexibility index (Phi) is 2.72. The molecule has 0 amide bonds. The largest absolute Gasteiger partial charge is 0.479 e. The molecule has 0 aliphatic heterocycles. The first kappa shape index (κ1) is 14.8. The summed E-state index contributed by atoms with van der Waals surface area (Å²) in [6, 6.07) is 22.0. The van der Waals surface area contributed by atoms with Gasteiger partial charge in [0.25, 0.3) is 0 Å². The highest BCUT2D eigenvalue weighted by atomic mass is 16.3. The van der Waals surface area contributed by atoms with Gasteiger partial charge in [0.1, 0.15) is 17.2 Å². The number of rotatable bonds is 0. The molecule has 0 N–H and O–H groups in total. The zero-order valence-electron chi connectivity index (χ0n) is 14.5. The Morgan fingerprint density at radius 2 is 1.18 bits per heavy atom. The third-order valence-corrected chi connectivity index (χ3v) is 5.36. The van der Waals surface area contributed by atoms with Crippen molar-refractivity contribution in [3.05, 3.63) is 77.8 Å². The molecule has 0 fully saturated rings. The van der Waals surface area contributed by atoms with Gasteiger partial charge in [-0.1, -0.05) is 42.5 Å². The number of fused-ring (bicyclic) bond motifs is 9. The van der Waals surface area contributed by atoms with Crippen LogP contribution in [0.1, 0.15) is 5.76 Å². The molecule has 0 aliphatic carbocycles. The molecule has 4 aromatic carbocycles. The fraction of sp³-hybridized carbons (Fsp3) is 0. The Morgan fingerprint density at radius 1 is 0.679 bits per heavy atom. The monoisotopic (exact) mass is 358 g/mol.